The Morgan fingerprint density at radius 1 is 1.21 bits per heavy atom. The normalized spacial score (nSPS) is 25.1. The second-order valence-corrected chi connectivity index (χ2v) is 7.93. The van der Waals surface area contributed by atoms with Crippen molar-refractivity contribution in [2.75, 3.05) is 26.3 Å². The molecule has 2 fully saturated rings. The van der Waals surface area contributed by atoms with Crippen LogP contribution in [0.5, 0.6) is 0 Å². The maximum absolute atomic E-state index is 6.07. The molecular weight excluding hydrogens is 481 g/mol. The first-order chi connectivity index (χ1) is 13.8. The van der Waals surface area contributed by atoms with Crippen molar-refractivity contribution in [3.63, 3.8) is 0 Å². The molecule has 2 aliphatic heterocycles. The third-order valence-corrected chi connectivity index (χ3v) is 5.95. The van der Waals surface area contributed by atoms with Crippen LogP contribution in [0.1, 0.15) is 58.1 Å². The summed E-state index contributed by atoms with van der Waals surface area (Å²) in [5, 5.41) is 7.15. The van der Waals surface area contributed by atoms with Crippen LogP contribution in [0.3, 0.4) is 0 Å². The Hall–Kier alpha value is -0.800. The van der Waals surface area contributed by atoms with Gasteiger partial charge in [0.1, 0.15) is 5.76 Å². The van der Waals surface area contributed by atoms with Crippen molar-refractivity contribution in [2.24, 2.45) is 10.9 Å². The lowest BCUT2D eigenvalue weighted by Gasteiger charge is -2.35. The largest absolute Gasteiger partial charge is 0.469 e. The third-order valence-electron chi connectivity index (χ3n) is 5.95. The Balaban J connectivity index is 0.00000300. The van der Waals surface area contributed by atoms with E-state index < -0.39 is 0 Å². The molecule has 0 amide bonds. The van der Waals surface area contributed by atoms with Crippen molar-refractivity contribution < 1.29 is 13.9 Å². The zero-order valence-electron chi connectivity index (χ0n) is 17.9. The van der Waals surface area contributed by atoms with Gasteiger partial charge in [-0.1, -0.05) is 26.7 Å². The van der Waals surface area contributed by atoms with Crippen molar-refractivity contribution in [1.29, 1.82) is 0 Å². The number of hydrogen-bond acceptors (Lipinski definition) is 4. The Labute approximate surface area is 192 Å². The molecule has 1 aromatic heterocycles. The second kappa shape index (κ2) is 13.5. The molecule has 0 radical (unpaired) electrons. The minimum absolute atomic E-state index is 0. The standard InChI is InChI=1S/C22H37N3O3.HI/c1-3-17(4-2)21-15-18(10-14-28-21)25-22(24-16-20-8-6-13-27-20)23-11-9-19-7-5-12-26-19;/h5,7,12,17-18,20-21H,3-4,6,8-11,13-16H2,1-2H3,(H2,23,24,25);1H. The third kappa shape index (κ3) is 8.09. The molecule has 7 heteroatoms. The number of halogens is 1. The molecule has 0 aliphatic carbocycles. The van der Waals surface area contributed by atoms with Gasteiger partial charge in [-0.25, -0.2) is 0 Å². The molecule has 0 bridgehead atoms. The van der Waals surface area contributed by atoms with Crippen LogP contribution in [0.15, 0.2) is 27.8 Å². The lowest BCUT2D eigenvalue weighted by Crippen LogP contribution is -2.49. The van der Waals surface area contributed by atoms with Crippen molar-refractivity contribution in [3.8, 4) is 0 Å². The van der Waals surface area contributed by atoms with Crippen LogP contribution < -0.4 is 10.6 Å². The van der Waals surface area contributed by atoms with Crippen LogP contribution >= 0.6 is 24.0 Å². The fourth-order valence-electron chi connectivity index (χ4n) is 4.19. The number of ether oxygens (including phenoxy) is 2. The van der Waals surface area contributed by atoms with Crippen molar-refractivity contribution in [3.05, 3.63) is 24.2 Å². The van der Waals surface area contributed by atoms with Gasteiger partial charge in [0.05, 0.1) is 25.0 Å². The first-order valence-electron chi connectivity index (χ1n) is 11.1. The lowest BCUT2D eigenvalue weighted by molar-refractivity contribution is -0.0324. The summed E-state index contributed by atoms with van der Waals surface area (Å²) in [7, 11) is 0. The molecule has 29 heavy (non-hydrogen) atoms. The van der Waals surface area contributed by atoms with E-state index in [2.05, 4.69) is 24.5 Å². The van der Waals surface area contributed by atoms with Crippen molar-refractivity contribution >= 4 is 29.9 Å². The van der Waals surface area contributed by atoms with Gasteiger partial charge in [0.2, 0.25) is 0 Å². The van der Waals surface area contributed by atoms with Crippen LogP contribution in [0.25, 0.3) is 0 Å². The van der Waals surface area contributed by atoms with Gasteiger partial charge in [-0.2, -0.15) is 0 Å². The number of aliphatic imine (C=N–C) groups is 1. The number of hydrogen-bond donors (Lipinski definition) is 2. The van der Waals surface area contributed by atoms with Gasteiger partial charge >= 0.3 is 0 Å². The monoisotopic (exact) mass is 519 g/mol. The quantitative estimate of drug-likeness (QED) is 0.292. The van der Waals surface area contributed by atoms with Gasteiger partial charge in [0.25, 0.3) is 0 Å². The van der Waals surface area contributed by atoms with Gasteiger partial charge in [0.15, 0.2) is 5.96 Å². The second-order valence-electron chi connectivity index (χ2n) is 7.93. The summed E-state index contributed by atoms with van der Waals surface area (Å²) < 4.78 is 17.2. The molecule has 2 N–H and O–H groups in total. The predicted molar refractivity (Wildman–Crippen MR) is 127 cm³/mol. The molecule has 2 saturated heterocycles. The van der Waals surface area contributed by atoms with Gasteiger partial charge in [-0.15, -0.1) is 24.0 Å². The number of rotatable bonds is 9. The Kier molecular flexibility index (Phi) is 11.4. The van der Waals surface area contributed by atoms with E-state index in [0.717, 1.165) is 70.1 Å². The first kappa shape index (κ1) is 24.5. The van der Waals surface area contributed by atoms with E-state index in [1.807, 2.05) is 12.1 Å². The molecule has 1 aromatic rings. The van der Waals surface area contributed by atoms with E-state index in [1.54, 1.807) is 6.26 Å². The zero-order chi connectivity index (χ0) is 19.6. The minimum Gasteiger partial charge on any atom is -0.469 e. The summed E-state index contributed by atoms with van der Waals surface area (Å²) in [4.78, 5) is 4.83. The number of guanidine groups is 1. The SMILES string of the molecule is CCC(CC)C1CC(NC(=NCC2CCCO2)NCCc2ccco2)CCO1.I. The summed E-state index contributed by atoms with van der Waals surface area (Å²) in [5.41, 5.74) is 0. The summed E-state index contributed by atoms with van der Waals surface area (Å²) in [6.07, 6.45) is 9.85. The highest BCUT2D eigenvalue weighted by atomic mass is 127. The minimum atomic E-state index is 0. The Bertz CT molecular complexity index is 572. The maximum atomic E-state index is 6.07. The first-order valence-corrected chi connectivity index (χ1v) is 11.1. The maximum Gasteiger partial charge on any atom is 0.191 e. The fraction of sp³-hybridized carbons (Fsp3) is 0.773. The summed E-state index contributed by atoms with van der Waals surface area (Å²) in [5.74, 6) is 2.52. The molecule has 0 spiro atoms. The van der Waals surface area contributed by atoms with E-state index in [1.165, 1.54) is 12.8 Å². The van der Waals surface area contributed by atoms with Gasteiger partial charge in [-0.05, 0) is 43.7 Å². The molecule has 3 atom stereocenters. The van der Waals surface area contributed by atoms with Crippen LogP contribution in [0.2, 0.25) is 0 Å². The molecule has 6 nitrogen and oxygen atoms in total. The van der Waals surface area contributed by atoms with E-state index in [0.29, 0.717) is 18.1 Å². The average Bonchev–Trinajstić information content (AvgIpc) is 3.41. The predicted octanol–water partition coefficient (Wildman–Crippen LogP) is 4.14. The molecule has 3 rings (SSSR count). The smallest absolute Gasteiger partial charge is 0.191 e. The Morgan fingerprint density at radius 3 is 2.76 bits per heavy atom. The van der Waals surface area contributed by atoms with Gasteiger partial charge < -0.3 is 24.5 Å². The highest BCUT2D eigenvalue weighted by molar-refractivity contribution is 14.0. The van der Waals surface area contributed by atoms with Crippen molar-refractivity contribution in [2.45, 2.75) is 77.0 Å². The Morgan fingerprint density at radius 2 is 2.07 bits per heavy atom. The molecule has 3 unspecified atom stereocenters. The molecule has 0 saturated carbocycles. The average molecular weight is 519 g/mol. The van der Waals surface area contributed by atoms with Crippen molar-refractivity contribution in [1.82, 2.24) is 10.6 Å². The number of nitrogens with one attached hydrogen (secondary N) is 2. The van der Waals surface area contributed by atoms with Crippen LogP contribution in [0.4, 0.5) is 0 Å². The number of furan rings is 1. The topological polar surface area (TPSA) is 68.0 Å². The number of nitrogens with zero attached hydrogens (tertiary/aromatic N) is 1. The van der Waals surface area contributed by atoms with Crippen LogP contribution in [-0.2, 0) is 15.9 Å². The van der Waals surface area contributed by atoms with E-state index in [-0.39, 0.29) is 30.1 Å². The molecule has 3 heterocycles. The summed E-state index contributed by atoms with van der Waals surface area (Å²) >= 11 is 0. The summed E-state index contributed by atoms with van der Waals surface area (Å²) in [6, 6.07) is 4.34. The van der Waals surface area contributed by atoms with E-state index >= 15 is 0 Å². The van der Waals surface area contributed by atoms with E-state index in [4.69, 9.17) is 18.9 Å². The summed E-state index contributed by atoms with van der Waals surface area (Å²) in [6.45, 7) is 7.73. The van der Waals surface area contributed by atoms with E-state index in [9.17, 15) is 0 Å². The van der Waals surface area contributed by atoms with Crippen LogP contribution in [0, 0.1) is 5.92 Å². The fourth-order valence-corrected chi connectivity index (χ4v) is 4.19. The molecular formula is C22H38IN3O3. The molecule has 166 valence electrons. The molecule has 0 aromatic carbocycles. The highest BCUT2D eigenvalue weighted by Gasteiger charge is 2.28. The van der Waals surface area contributed by atoms with Gasteiger partial charge in [-0.3, -0.25) is 4.99 Å². The van der Waals surface area contributed by atoms with Crippen LogP contribution in [-0.4, -0.2) is 50.5 Å². The lowest BCUT2D eigenvalue weighted by atomic mass is 9.89. The molecule has 2 aliphatic rings. The highest BCUT2D eigenvalue weighted by Crippen LogP contribution is 2.25. The zero-order valence-corrected chi connectivity index (χ0v) is 20.2. The van der Waals surface area contributed by atoms with Gasteiger partial charge in [0, 0.05) is 32.2 Å².